The summed E-state index contributed by atoms with van der Waals surface area (Å²) in [5, 5.41) is 2.96. The molecule has 0 spiro atoms. The van der Waals surface area contributed by atoms with Crippen LogP contribution in [0.2, 0.25) is 0 Å². The predicted octanol–water partition coefficient (Wildman–Crippen LogP) is 1.18. The van der Waals surface area contributed by atoms with E-state index in [2.05, 4.69) is 12.2 Å². The van der Waals surface area contributed by atoms with E-state index in [4.69, 9.17) is 4.74 Å². The highest BCUT2D eigenvalue weighted by Crippen LogP contribution is 2.08. The molecule has 0 aliphatic rings. The van der Waals surface area contributed by atoms with Crippen molar-refractivity contribution in [2.45, 2.75) is 33.2 Å². The van der Waals surface area contributed by atoms with Gasteiger partial charge in [0.1, 0.15) is 6.04 Å². The Kier molecular flexibility index (Phi) is 5.72. The van der Waals surface area contributed by atoms with E-state index in [-0.39, 0.29) is 12.0 Å². The third-order valence-corrected chi connectivity index (χ3v) is 2.06. The minimum absolute atomic E-state index is 0.144. The van der Waals surface area contributed by atoms with Gasteiger partial charge in [-0.3, -0.25) is 4.79 Å². The lowest BCUT2D eigenvalue weighted by Gasteiger charge is -2.19. The van der Waals surface area contributed by atoms with Crippen molar-refractivity contribution in [3.63, 3.8) is 0 Å². The van der Waals surface area contributed by atoms with Crippen molar-refractivity contribution in [2.75, 3.05) is 13.7 Å². The van der Waals surface area contributed by atoms with Crippen molar-refractivity contribution in [3.05, 3.63) is 0 Å². The van der Waals surface area contributed by atoms with Crippen LogP contribution in [0.5, 0.6) is 0 Å². The molecular weight excluding hydrogens is 154 g/mol. The third-order valence-electron chi connectivity index (χ3n) is 2.06. The average Bonchev–Trinajstić information content (AvgIpc) is 2.06. The highest BCUT2D eigenvalue weighted by Gasteiger charge is 2.22. The Hall–Kier alpha value is -0.570. The van der Waals surface area contributed by atoms with E-state index in [0.29, 0.717) is 12.5 Å². The van der Waals surface area contributed by atoms with Crippen LogP contribution in [0.25, 0.3) is 0 Å². The monoisotopic (exact) mass is 173 g/mol. The Balaban J connectivity index is 4.04. The largest absolute Gasteiger partial charge is 0.465 e. The van der Waals surface area contributed by atoms with Gasteiger partial charge in [-0.1, -0.05) is 20.3 Å². The molecule has 0 radical (unpaired) electrons. The maximum absolute atomic E-state index is 11.3. The number of ether oxygens (including phenoxy) is 1. The van der Waals surface area contributed by atoms with E-state index < -0.39 is 0 Å². The van der Waals surface area contributed by atoms with Crippen LogP contribution in [-0.2, 0) is 9.53 Å². The second-order valence-electron chi connectivity index (χ2n) is 2.90. The van der Waals surface area contributed by atoms with Crippen LogP contribution in [0, 0.1) is 5.92 Å². The second kappa shape index (κ2) is 6.00. The Morgan fingerprint density at radius 2 is 2.08 bits per heavy atom. The van der Waals surface area contributed by atoms with Crippen molar-refractivity contribution in [3.8, 4) is 0 Å². The lowest BCUT2D eigenvalue weighted by molar-refractivity contribution is -0.146. The molecule has 0 unspecified atom stereocenters. The molecule has 0 aliphatic heterocycles. The predicted molar refractivity (Wildman–Crippen MR) is 48.9 cm³/mol. The van der Waals surface area contributed by atoms with Gasteiger partial charge in [-0.2, -0.15) is 0 Å². The normalized spacial score (nSPS) is 15.3. The van der Waals surface area contributed by atoms with Crippen LogP contribution >= 0.6 is 0 Å². The van der Waals surface area contributed by atoms with Gasteiger partial charge in [-0.25, -0.2) is 0 Å². The summed E-state index contributed by atoms with van der Waals surface area (Å²) in [6.45, 7) is 6.38. The second-order valence-corrected chi connectivity index (χ2v) is 2.90. The van der Waals surface area contributed by atoms with E-state index in [9.17, 15) is 4.79 Å². The molecule has 3 nitrogen and oxygen atoms in total. The Bertz CT molecular complexity index is 136. The number of esters is 1. The minimum Gasteiger partial charge on any atom is -0.465 e. The van der Waals surface area contributed by atoms with Crippen LogP contribution in [0.15, 0.2) is 0 Å². The first-order valence-corrected chi connectivity index (χ1v) is 4.51. The van der Waals surface area contributed by atoms with Crippen molar-refractivity contribution in [1.82, 2.24) is 5.32 Å². The molecule has 0 aromatic carbocycles. The number of rotatable bonds is 5. The molecule has 2 atom stereocenters. The number of hydrogen-bond acceptors (Lipinski definition) is 3. The summed E-state index contributed by atoms with van der Waals surface area (Å²) in [5.74, 6) is 0.184. The molecule has 0 aliphatic carbocycles. The van der Waals surface area contributed by atoms with Crippen LogP contribution in [0.4, 0.5) is 0 Å². The summed E-state index contributed by atoms with van der Waals surface area (Å²) in [4.78, 5) is 11.3. The summed E-state index contributed by atoms with van der Waals surface area (Å²) in [7, 11) is 1.79. The Labute approximate surface area is 74.5 Å². The fraction of sp³-hybridized carbons (Fsp3) is 0.889. The molecule has 0 fully saturated rings. The third kappa shape index (κ3) is 3.22. The van der Waals surface area contributed by atoms with Crippen LogP contribution in [0.3, 0.4) is 0 Å². The van der Waals surface area contributed by atoms with Gasteiger partial charge in [0.2, 0.25) is 0 Å². The molecule has 0 saturated carbocycles. The first-order valence-electron chi connectivity index (χ1n) is 4.51. The summed E-state index contributed by atoms with van der Waals surface area (Å²) >= 11 is 0. The molecule has 3 heteroatoms. The molecule has 0 aromatic rings. The zero-order valence-corrected chi connectivity index (χ0v) is 8.39. The van der Waals surface area contributed by atoms with Gasteiger partial charge in [-0.05, 0) is 19.9 Å². The summed E-state index contributed by atoms with van der Waals surface area (Å²) < 4.78 is 4.92. The highest BCUT2D eigenvalue weighted by molar-refractivity contribution is 5.76. The number of likely N-dealkylation sites (N-methyl/N-ethyl adjacent to an activating group) is 1. The Morgan fingerprint density at radius 3 is 2.42 bits per heavy atom. The van der Waals surface area contributed by atoms with E-state index >= 15 is 0 Å². The SMILES string of the molecule is CCOC(=O)[C@@H](NC)[C@@H](C)CC. The quantitative estimate of drug-likeness (QED) is 0.634. The van der Waals surface area contributed by atoms with Gasteiger partial charge >= 0.3 is 5.97 Å². The van der Waals surface area contributed by atoms with E-state index in [1.807, 2.05) is 13.8 Å². The van der Waals surface area contributed by atoms with Crippen molar-refractivity contribution in [1.29, 1.82) is 0 Å². The molecule has 0 heterocycles. The van der Waals surface area contributed by atoms with Crippen LogP contribution in [-0.4, -0.2) is 25.7 Å². The maximum atomic E-state index is 11.3. The van der Waals surface area contributed by atoms with Crippen molar-refractivity contribution in [2.24, 2.45) is 5.92 Å². The van der Waals surface area contributed by atoms with E-state index in [0.717, 1.165) is 6.42 Å². The van der Waals surface area contributed by atoms with Crippen LogP contribution < -0.4 is 5.32 Å². The van der Waals surface area contributed by atoms with Gasteiger partial charge in [0.15, 0.2) is 0 Å². The van der Waals surface area contributed by atoms with Crippen LogP contribution in [0.1, 0.15) is 27.2 Å². The summed E-state index contributed by atoms with van der Waals surface area (Å²) in [6.07, 6.45) is 0.977. The molecule has 0 saturated heterocycles. The van der Waals surface area contributed by atoms with Gasteiger partial charge in [-0.15, -0.1) is 0 Å². The Morgan fingerprint density at radius 1 is 1.50 bits per heavy atom. The lowest BCUT2D eigenvalue weighted by atomic mass is 10.00. The fourth-order valence-electron chi connectivity index (χ4n) is 1.10. The molecular formula is C9H19NO2. The fourth-order valence-corrected chi connectivity index (χ4v) is 1.10. The standard InChI is InChI=1S/C9H19NO2/c1-5-7(3)8(10-4)9(11)12-6-2/h7-8,10H,5-6H2,1-4H3/t7-,8-/m0/s1. The molecule has 0 amide bonds. The molecule has 0 rings (SSSR count). The molecule has 0 bridgehead atoms. The molecule has 12 heavy (non-hydrogen) atoms. The zero-order valence-electron chi connectivity index (χ0n) is 8.39. The smallest absolute Gasteiger partial charge is 0.323 e. The number of hydrogen-bond donors (Lipinski definition) is 1. The van der Waals surface area contributed by atoms with Crippen molar-refractivity contribution >= 4 is 5.97 Å². The maximum Gasteiger partial charge on any atom is 0.323 e. The topological polar surface area (TPSA) is 38.3 Å². The molecule has 72 valence electrons. The van der Waals surface area contributed by atoms with E-state index in [1.54, 1.807) is 7.05 Å². The molecule has 1 N–H and O–H groups in total. The first-order chi connectivity index (χ1) is 5.67. The number of carbonyl (C=O) groups is 1. The molecule has 0 aromatic heterocycles. The first kappa shape index (κ1) is 11.4. The summed E-state index contributed by atoms with van der Waals surface area (Å²) in [6, 6.07) is -0.157. The van der Waals surface area contributed by atoms with E-state index in [1.165, 1.54) is 0 Å². The van der Waals surface area contributed by atoms with Crippen molar-refractivity contribution < 1.29 is 9.53 Å². The van der Waals surface area contributed by atoms with Gasteiger partial charge in [0, 0.05) is 0 Å². The zero-order chi connectivity index (χ0) is 9.56. The average molecular weight is 173 g/mol. The van der Waals surface area contributed by atoms with Gasteiger partial charge < -0.3 is 10.1 Å². The lowest BCUT2D eigenvalue weighted by Crippen LogP contribution is -2.40. The number of carbonyl (C=O) groups excluding carboxylic acids is 1. The minimum atomic E-state index is -0.157. The number of nitrogens with one attached hydrogen (secondary N) is 1. The van der Waals surface area contributed by atoms with Gasteiger partial charge in [0.25, 0.3) is 0 Å². The highest BCUT2D eigenvalue weighted by atomic mass is 16.5. The van der Waals surface area contributed by atoms with Gasteiger partial charge in [0.05, 0.1) is 6.61 Å². The summed E-state index contributed by atoms with van der Waals surface area (Å²) in [5.41, 5.74) is 0.